The molecule has 94 valence electrons. The topological polar surface area (TPSA) is 41.7 Å². The van der Waals surface area contributed by atoms with Gasteiger partial charge in [0.25, 0.3) is 0 Å². The zero-order valence-corrected chi connectivity index (χ0v) is 10.8. The van der Waals surface area contributed by atoms with Crippen molar-refractivity contribution in [2.45, 2.75) is 25.9 Å². The molecule has 4 heteroatoms. The van der Waals surface area contributed by atoms with Crippen LogP contribution in [0.3, 0.4) is 0 Å². The summed E-state index contributed by atoms with van der Waals surface area (Å²) in [6.07, 6.45) is 0. The van der Waals surface area contributed by atoms with Gasteiger partial charge in [-0.2, -0.15) is 0 Å². The van der Waals surface area contributed by atoms with E-state index in [1.807, 2.05) is 0 Å². The lowest BCUT2D eigenvalue weighted by atomic mass is 9.84. The molecular formula is C12H25N3O. The van der Waals surface area contributed by atoms with E-state index in [-0.39, 0.29) is 11.5 Å². The largest absolute Gasteiger partial charge is 0.379 e. The van der Waals surface area contributed by atoms with Crippen LogP contribution in [0.4, 0.5) is 0 Å². The Balaban J connectivity index is 1.94. The summed E-state index contributed by atoms with van der Waals surface area (Å²) in [5, 5.41) is 0. The van der Waals surface area contributed by atoms with Crippen LogP contribution in [0.2, 0.25) is 0 Å². The van der Waals surface area contributed by atoms with Crippen molar-refractivity contribution in [2.24, 2.45) is 11.1 Å². The number of nitrogens with zero attached hydrogens (tertiary/aromatic N) is 2. The van der Waals surface area contributed by atoms with Crippen molar-refractivity contribution >= 4 is 0 Å². The first-order valence-corrected chi connectivity index (χ1v) is 6.27. The van der Waals surface area contributed by atoms with Crippen molar-refractivity contribution in [3.63, 3.8) is 0 Å². The molecule has 0 amide bonds. The summed E-state index contributed by atoms with van der Waals surface area (Å²) in [7, 11) is 2.19. The van der Waals surface area contributed by atoms with E-state index in [1.54, 1.807) is 0 Å². The number of rotatable bonds is 2. The van der Waals surface area contributed by atoms with Crippen LogP contribution in [0, 0.1) is 5.41 Å². The molecule has 0 spiro atoms. The molecule has 2 aliphatic rings. The number of hydrogen-bond acceptors (Lipinski definition) is 4. The maximum atomic E-state index is 6.14. The normalized spacial score (nSPS) is 42.8. The summed E-state index contributed by atoms with van der Waals surface area (Å²) < 4.78 is 5.51. The highest BCUT2D eigenvalue weighted by Gasteiger charge is 2.40. The maximum absolute atomic E-state index is 6.14. The van der Waals surface area contributed by atoms with E-state index in [0.29, 0.717) is 6.04 Å². The number of ether oxygens (including phenoxy) is 1. The quantitative estimate of drug-likeness (QED) is 0.720. The van der Waals surface area contributed by atoms with Gasteiger partial charge in [-0.25, -0.2) is 0 Å². The Kier molecular flexibility index (Phi) is 3.54. The summed E-state index contributed by atoms with van der Waals surface area (Å²) in [4.78, 5) is 4.96. The van der Waals surface area contributed by atoms with E-state index in [2.05, 4.69) is 30.7 Å². The minimum Gasteiger partial charge on any atom is -0.379 e. The molecule has 4 nitrogen and oxygen atoms in total. The minimum absolute atomic E-state index is 0.143. The van der Waals surface area contributed by atoms with E-state index in [1.165, 1.54) is 0 Å². The second-order valence-electron chi connectivity index (χ2n) is 5.86. The summed E-state index contributed by atoms with van der Waals surface area (Å²) in [5.74, 6) is 0. The Bertz CT molecular complexity index is 248. The van der Waals surface area contributed by atoms with Crippen molar-refractivity contribution < 1.29 is 4.74 Å². The van der Waals surface area contributed by atoms with Crippen LogP contribution < -0.4 is 5.73 Å². The summed E-state index contributed by atoms with van der Waals surface area (Å²) in [6, 6.07) is 0.822. The van der Waals surface area contributed by atoms with Crippen LogP contribution in [0.25, 0.3) is 0 Å². The second-order valence-corrected chi connectivity index (χ2v) is 5.86. The number of piperazine rings is 1. The van der Waals surface area contributed by atoms with Gasteiger partial charge in [-0.15, -0.1) is 0 Å². The number of likely N-dealkylation sites (N-methyl/N-ethyl adjacent to an activating group) is 1. The average Bonchev–Trinajstić information content (AvgIpc) is 2.52. The molecule has 2 rings (SSSR count). The molecular weight excluding hydrogens is 202 g/mol. The number of hydrogen-bond donors (Lipinski definition) is 1. The van der Waals surface area contributed by atoms with Crippen molar-refractivity contribution in [3.8, 4) is 0 Å². The smallest absolute Gasteiger partial charge is 0.0624 e. The monoisotopic (exact) mass is 227 g/mol. The highest BCUT2D eigenvalue weighted by Crippen LogP contribution is 2.29. The van der Waals surface area contributed by atoms with Crippen molar-refractivity contribution in [2.75, 3.05) is 46.4 Å². The van der Waals surface area contributed by atoms with Crippen LogP contribution in [0.15, 0.2) is 0 Å². The molecule has 0 aromatic heterocycles. The Hall–Kier alpha value is -0.160. The molecule has 0 aliphatic carbocycles. The zero-order chi connectivity index (χ0) is 11.8. The van der Waals surface area contributed by atoms with Crippen LogP contribution in [-0.2, 0) is 4.74 Å². The fourth-order valence-corrected chi connectivity index (χ4v) is 2.77. The van der Waals surface area contributed by atoms with Gasteiger partial charge in [0, 0.05) is 43.7 Å². The van der Waals surface area contributed by atoms with E-state index in [9.17, 15) is 0 Å². The van der Waals surface area contributed by atoms with Gasteiger partial charge in [0.05, 0.1) is 13.2 Å². The fraction of sp³-hybridized carbons (Fsp3) is 1.00. The van der Waals surface area contributed by atoms with E-state index in [4.69, 9.17) is 10.5 Å². The number of nitrogens with two attached hydrogens (primary N) is 1. The first-order chi connectivity index (χ1) is 7.51. The Labute approximate surface area is 98.7 Å². The maximum Gasteiger partial charge on any atom is 0.0624 e. The van der Waals surface area contributed by atoms with Gasteiger partial charge in [0.15, 0.2) is 0 Å². The molecule has 0 saturated carbocycles. The average molecular weight is 227 g/mol. The van der Waals surface area contributed by atoms with Gasteiger partial charge in [0.1, 0.15) is 0 Å². The Morgan fingerprint density at radius 1 is 1.44 bits per heavy atom. The van der Waals surface area contributed by atoms with Gasteiger partial charge >= 0.3 is 0 Å². The summed E-state index contributed by atoms with van der Waals surface area (Å²) in [5.41, 5.74) is 6.28. The van der Waals surface area contributed by atoms with Crippen molar-refractivity contribution in [1.82, 2.24) is 9.80 Å². The predicted molar refractivity (Wildman–Crippen MR) is 65.4 cm³/mol. The third-order valence-electron chi connectivity index (χ3n) is 4.16. The third kappa shape index (κ3) is 2.40. The second kappa shape index (κ2) is 4.61. The van der Waals surface area contributed by atoms with E-state index >= 15 is 0 Å². The fourth-order valence-electron chi connectivity index (χ4n) is 2.77. The SMILES string of the molecule is CC1CN(C)CCN1CC1(C)COCC1N. The molecule has 2 fully saturated rings. The molecule has 0 bridgehead atoms. The highest BCUT2D eigenvalue weighted by molar-refractivity contribution is 4.94. The molecule has 2 N–H and O–H groups in total. The van der Waals surface area contributed by atoms with Crippen LogP contribution in [0.5, 0.6) is 0 Å². The van der Waals surface area contributed by atoms with Gasteiger partial charge < -0.3 is 15.4 Å². The Morgan fingerprint density at radius 2 is 2.19 bits per heavy atom. The van der Waals surface area contributed by atoms with Gasteiger partial charge in [-0.05, 0) is 14.0 Å². The summed E-state index contributed by atoms with van der Waals surface area (Å²) >= 11 is 0. The first kappa shape index (κ1) is 12.3. The minimum atomic E-state index is 0.143. The van der Waals surface area contributed by atoms with Crippen LogP contribution in [0.1, 0.15) is 13.8 Å². The first-order valence-electron chi connectivity index (χ1n) is 6.27. The standard InChI is InChI=1S/C12H25N3O/c1-10-6-14(3)4-5-15(10)8-12(2)9-16-7-11(12)13/h10-11H,4-9,13H2,1-3H3. The molecule has 3 unspecified atom stereocenters. The molecule has 0 aromatic carbocycles. The van der Waals surface area contributed by atoms with Crippen molar-refractivity contribution in [3.05, 3.63) is 0 Å². The third-order valence-corrected chi connectivity index (χ3v) is 4.16. The lowest BCUT2D eigenvalue weighted by Gasteiger charge is -2.42. The van der Waals surface area contributed by atoms with Gasteiger partial charge in [-0.1, -0.05) is 6.92 Å². The lowest BCUT2D eigenvalue weighted by molar-refractivity contribution is 0.0502. The van der Waals surface area contributed by atoms with E-state index in [0.717, 1.165) is 39.4 Å². The molecule has 16 heavy (non-hydrogen) atoms. The molecule has 2 saturated heterocycles. The Morgan fingerprint density at radius 3 is 2.75 bits per heavy atom. The molecule has 0 aromatic rings. The highest BCUT2D eigenvalue weighted by atomic mass is 16.5. The van der Waals surface area contributed by atoms with Crippen LogP contribution in [-0.4, -0.2) is 68.3 Å². The zero-order valence-electron chi connectivity index (χ0n) is 10.8. The molecule has 2 aliphatic heterocycles. The summed E-state index contributed by atoms with van der Waals surface area (Å²) in [6.45, 7) is 10.6. The van der Waals surface area contributed by atoms with Crippen molar-refractivity contribution in [1.29, 1.82) is 0 Å². The molecule has 3 atom stereocenters. The van der Waals surface area contributed by atoms with Gasteiger partial charge in [0.2, 0.25) is 0 Å². The molecule has 2 heterocycles. The van der Waals surface area contributed by atoms with E-state index < -0.39 is 0 Å². The van der Waals surface area contributed by atoms with Crippen LogP contribution >= 0.6 is 0 Å². The molecule has 0 radical (unpaired) electrons. The van der Waals surface area contributed by atoms with Gasteiger partial charge in [-0.3, -0.25) is 4.90 Å². The lowest BCUT2D eigenvalue weighted by Crippen LogP contribution is -2.56. The predicted octanol–water partition coefficient (Wildman–Crippen LogP) is -0.0139.